The first-order valence-corrected chi connectivity index (χ1v) is 11.0. The summed E-state index contributed by atoms with van der Waals surface area (Å²) in [6, 6.07) is 7.36. The van der Waals surface area contributed by atoms with Crippen LogP contribution in [0.25, 0.3) is 11.1 Å². The fourth-order valence-corrected chi connectivity index (χ4v) is 5.75. The number of hydrogen-bond donors (Lipinski definition) is 0. The van der Waals surface area contributed by atoms with Crippen LogP contribution in [0.15, 0.2) is 36.9 Å². The van der Waals surface area contributed by atoms with E-state index in [2.05, 4.69) is 51.8 Å². The minimum atomic E-state index is 0.0998. The molecule has 2 fully saturated rings. The molecule has 0 radical (unpaired) electrons. The van der Waals surface area contributed by atoms with Crippen molar-refractivity contribution in [3.05, 3.63) is 48.0 Å². The Morgan fingerprint density at radius 2 is 1.83 bits per heavy atom. The predicted molar refractivity (Wildman–Crippen MR) is 114 cm³/mol. The molecule has 5 nitrogen and oxygen atoms in total. The van der Waals surface area contributed by atoms with Gasteiger partial charge in [-0.2, -0.15) is 0 Å². The average Bonchev–Trinajstić information content (AvgIpc) is 2.77. The summed E-state index contributed by atoms with van der Waals surface area (Å²) in [5.41, 5.74) is 5.19. The van der Waals surface area contributed by atoms with Crippen LogP contribution in [0.5, 0.6) is 0 Å². The molecular formula is C24H30N4O. The number of aromatic nitrogens is 2. The Kier molecular flexibility index (Phi) is 4.56. The fourth-order valence-electron chi connectivity index (χ4n) is 5.75. The largest absolute Gasteiger partial charge is 0.325 e. The van der Waals surface area contributed by atoms with Crippen molar-refractivity contribution in [1.82, 2.24) is 19.8 Å². The van der Waals surface area contributed by atoms with Crippen molar-refractivity contribution in [2.24, 2.45) is 5.92 Å². The van der Waals surface area contributed by atoms with Crippen LogP contribution >= 0.6 is 0 Å². The van der Waals surface area contributed by atoms with Crippen LogP contribution in [0.3, 0.4) is 0 Å². The van der Waals surface area contributed by atoms with E-state index in [1.54, 1.807) is 6.33 Å². The van der Waals surface area contributed by atoms with Gasteiger partial charge < -0.3 is 9.80 Å². The van der Waals surface area contributed by atoms with Crippen molar-refractivity contribution in [1.29, 1.82) is 0 Å². The molecule has 0 N–H and O–H groups in total. The minimum absolute atomic E-state index is 0.0998. The van der Waals surface area contributed by atoms with Gasteiger partial charge in [-0.05, 0) is 60.1 Å². The van der Waals surface area contributed by atoms with Crippen LogP contribution in [-0.4, -0.2) is 51.5 Å². The Balaban J connectivity index is 1.47. The van der Waals surface area contributed by atoms with E-state index in [1.165, 1.54) is 23.1 Å². The van der Waals surface area contributed by atoms with Gasteiger partial charge in [0.05, 0.1) is 0 Å². The van der Waals surface area contributed by atoms with Gasteiger partial charge in [0.25, 0.3) is 0 Å². The van der Waals surface area contributed by atoms with Crippen LogP contribution in [0.4, 0.5) is 4.79 Å². The number of carbonyl (C=O) groups is 1. The van der Waals surface area contributed by atoms with E-state index in [0.29, 0.717) is 12.0 Å². The number of urea groups is 1. The summed E-state index contributed by atoms with van der Waals surface area (Å²) in [5, 5.41) is 0. The molecule has 2 amide bonds. The minimum Gasteiger partial charge on any atom is -0.325 e. The summed E-state index contributed by atoms with van der Waals surface area (Å²) in [6.45, 7) is 7.46. The van der Waals surface area contributed by atoms with Gasteiger partial charge in [-0.3, -0.25) is 0 Å². The lowest BCUT2D eigenvalue weighted by Crippen LogP contribution is -2.62. The van der Waals surface area contributed by atoms with Gasteiger partial charge in [0.1, 0.15) is 6.33 Å². The van der Waals surface area contributed by atoms with Gasteiger partial charge in [0.2, 0.25) is 0 Å². The molecule has 5 rings (SSSR count). The van der Waals surface area contributed by atoms with Crippen molar-refractivity contribution < 1.29 is 4.79 Å². The lowest BCUT2D eigenvalue weighted by Gasteiger charge is -2.55. The third-order valence-corrected chi connectivity index (χ3v) is 7.77. The molecule has 2 saturated heterocycles. The van der Waals surface area contributed by atoms with Crippen LogP contribution < -0.4 is 0 Å². The zero-order chi connectivity index (χ0) is 20.0. The maximum absolute atomic E-state index is 13.3. The number of carbonyl (C=O) groups excluding carboxylic acids is 1. The molecule has 29 heavy (non-hydrogen) atoms. The third-order valence-electron chi connectivity index (χ3n) is 7.77. The van der Waals surface area contributed by atoms with Crippen LogP contribution in [0, 0.1) is 5.92 Å². The summed E-state index contributed by atoms with van der Waals surface area (Å²) in [4.78, 5) is 25.9. The van der Waals surface area contributed by atoms with Gasteiger partial charge in [-0.25, -0.2) is 14.8 Å². The first-order chi connectivity index (χ1) is 14.1. The lowest BCUT2D eigenvalue weighted by molar-refractivity contribution is 0.0386. The van der Waals surface area contributed by atoms with Crippen molar-refractivity contribution in [3.63, 3.8) is 0 Å². The zero-order valence-corrected chi connectivity index (χ0v) is 17.5. The second kappa shape index (κ2) is 7.12. The van der Waals surface area contributed by atoms with E-state index >= 15 is 0 Å². The molecule has 3 aliphatic rings. The molecule has 2 bridgehead atoms. The Bertz CT molecular complexity index is 908. The van der Waals surface area contributed by atoms with Gasteiger partial charge in [0.15, 0.2) is 0 Å². The second-order valence-electron chi connectivity index (χ2n) is 9.25. The van der Waals surface area contributed by atoms with Crippen molar-refractivity contribution in [2.45, 2.75) is 57.4 Å². The maximum atomic E-state index is 13.3. The molecule has 1 aliphatic carbocycles. The molecule has 0 unspecified atom stereocenters. The molecule has 2 aromatic rings. The highest BCUT2D eigenvalue weighted by molar-refractivity contribution is 5.75. The summed E-state index contributed by atoms with van der Waals surface area (Å²) in [6.07, 6.45) is 10.9. The third kappa shape index (κ3) is 3.02. The summed E-state index contributed by atoms with van der Waals surface area (Å²) < 4.78 is 0. The number of benzene rings is 1. The first kappa shape index (κ1) is 18.6. The molecule has 5 heteroatoms. The van der Waals surface area contributed by atoms with E-state index in [9.17, 15) is 4.79 Å². The lowest BCUT2D eigenvalue weighted by atomic mass is 9.59. The molecule has 1 aromatic carbocycles. The molecule has 152 valence electrons. The Morgan fingerprint density at radius 1 is 1.07 bits per heavy atom. The number of rotatable bonds is 1. The molecule has 0 spiro atoms. The molecular weight excluding hydrogens is 360 g/mol. The summed E-state index contributed by atoms with van der Waals surface area (Å²) >= 11 is 0. The highest BCUT2D eigenvalue weighted by Crippen LogP contribution is 2.49. The number of piperidine rings is 2. The van der Waals surface area contributed by atoms with Crippen LogP contribution in [0.1, 0.15) is 50.7 Å². The normalized spacial score (nSPS) is 28.8. The number of nitrogens with zero attached hydrogens (tertiary/aromatic N) is 4. The molecule has 3 heterocycles. The Morgan fingerprint density at radius 3 is 2.59 bits per heavy atom. The average molecular weight is 391 g/mol. The Labute approximate surface area is 173 Å². The molecule has 0 saturated carbocycles. The van der Waals surface area contributed by atoms with E-state index in [1.807, 2.05) is 12.4 Å². The smallest absolute Gasteiger partial charge is 0.320 e. The number of hydrogen-bond acceptors (Lipinski definition) is 3. The number of fused-ring (bicyclic) bond motifs is 4. The summed E-state index contributed by atoms with van der Waals surface area (Å²) in [5.74, 6) is 0.444. The van der Waals surface area contributed by atoms with Gasteiger partial charge in [-0.15, -0.1) is 0 Å². The Hall–Kier alpha value is -2.43. The standard InChI is InChI=1S/C24H30N4O/c1-17-22-13-19-7-6-18(20-14-25-16-26-15-20)12-21(19)24(17,2)8-11-28(22)23(29)27-9-4-3-5-10-27/h6-7,12,14-17,22H,3-5,8-11,13H2,1-2H3/t17-,22-,24-/m1/s1. The topological polar surface area (TPSA) is 49.3 Å². The number of likely N-dealkylation sites (tertiary alicyclic amines) is 2. The highest BCUT2D eigenvalue weighted by Gasteiger charge is 2.50. The zero-order valence-electron chi connectivity index (χ0n) is 17.5. The predicted octanol–water partition coefficient (Wildman–Crippen LogP) is 4.27. The summed E-state index contributed by atoms with van der Waals surface area (Å²) in [7, 11) is 0. The van der Waals surface area contributed by atoms with E-state index < -0.39 is 0 Å². The molecule has 3 atom stereocenters. The van der Waals surface area contributed by atoms with Crippen molar-refractivity contribution >= 4 is 6.03 Å². The maximum Gasteiger partial charge on any atom is 0.320 e. The first-order valence-electron chi connectivity index (χ1n) is 11.0. The fraction of sp³-hybridized carbons (Fsp3) is 0.542. The SMILES string of the molecule is C[C@@H]1[C@H]2Cc3ccc(-c4cncnc4)cc3[C@]1(C)CCN2C(=O)N1CCCCC1. The van der Waals surface area contributed by atoms with Crippen molar-refractivity contribution in [2.75, 3.05) is 19.6 Å². The van der Waals surface area contributed by atoms with Gasteiger partial charge >= 0.3 is 6.03 Å². The van der Waals surface area contributed by atoms with Gasteiger partial charge in [0, 0.05) is 43.6 Å². The van der Waals surface area contributed by atoms with E-state index in [4.69, 9.17) is 0 Å². The molecule has 2 aliphatic heterocycles. The quantitative estimate of drug-likeness (QED) is 0.730. The van der Waals surface area contributed by atoms with E-state index in [-0.39, 0.29) is 11.4 Å². The number of amides is 2. The van der Waals surface area contributed by atoms with Crippen LogP contribution in [0.2, 0.25) is 0 Å². The highest BCUT2D eigenvalue weighted by atomic mass is 16.2. The van der Waals surface area contributed by atoms with Crippen LogP contribution in [-0.2, 0) is 11.8 Å². The van der Waals surface area contributed by atoms with Crippen molar-refractivity contribution in [3.8, 4) is 11.1 Å². The molecule has 1 aromatic heterocycles. The monoisotopic (exact) mass is 390 g/mol. The van der Waals surface area contributed by atoms with Gasteiger partial charge in [-0.1, -0.05) is 32.0 Å². The second-order valence-corrected chi connectivity index (χ2v) is 9.25. The van der Waals surface area contributed by atoms with E-state index in [0.717, 1.165) is 50.9 Å².